The fraction of sp³-hybridized carbons (Fsp3) is 0.364. The van der Waals surface area contributed by atoms with Gasteiger partial charge in [0.2, 0.25) is 5.43 Å². The van der Waals surface area contributed by atoms with Crippen molar-refractivity contribution in [2.75, 3.05) is 6.54 Å². The third kappa shape index (κ3) is 3.30. The van der Waals surface area contributed by atoms with Crippen molar-refractivity contribution in [1.29, 1.82) is 0 Å². The van der Waals surface area contributed by atoms with E-state index in [0.717, 1.165) is 47.6 Å². The van der Waals surface area contributed by atoms with Crippen LogP contribution in [0.1, 0.15) is 45.1 Å². The van der Waals surface area contributed by atoms with Gasteiger partial charge in [-0.3, -0.25) is 9.59 Å². The summed E-state index contributed by atoms with van der Waals surface area (Å²) in [7, 11) is 1.84. The molecule has 6 nitrogen and oxygen atoms in total. The van der Waals surface area contributed by atoms with Crippen LogP contribution in [0.2, 0.25) is 0 Å². The maximum atomic E-state index is 12.8. The molecule has 28 heavy (non-hydrogen) atoms. The van der Waals surface area contributed by atoms with E-state index in [9.17, 15) is 9.59 Å². The summed E-state index contributed by atoms with van der Waals surface area (Å²) in [6.45, 7) is 4.35. The minimum atomic E-state index is -0.359. The Bertz CT molecular complexity index is 1150. The molecule has 1 N–H and O–H groups in total. The second-order valence-corrected chi connectivity index (χ2v) is 7.51. The zero-order valence-corrected chi connectivity index (χ0v) is 16.5. The molecule has 0 atom stereocenters. The molecule has 3 aromatic rings. The number of benzene rings is 1. The molecule has 0 aliphatic heterocycles. The summed E-state index contributed by atoms with van der Waals surface area (Å²) in [6.07, 6.45) is 5.35. The van der Waals surface area contributed by atoms with Gasteiger partial charge in [0, 0.05) is 43.0 Å². The van der Waals surface area contributed by atoms with Crippen LogP contribution in [0.5, 0.6) is 0 Å². The van der Waals surface area contributed by atoms with E-state index in [1.54, 1.807) is 6.20 Å². The Balaban J connectivity index is 1.51. The SMILES string of the molecule is Cc1ccc2c(c1)c(=O)c(C(=O)NCCc1nc(C)c3c(n1)CCC3)cn2C. The van der Waals surface area contributed by atoms with Crippen LogP contribution in [0.3, 0.4) is 0 Å². The standard InChI is InChI=1S/C22H24N4O2/c1-13-7-8-19-16(11-13)21(27)17(12-26(19)3)22(28)23-10-9-20-24-14(2)15-5-4-6-18(15)25-20/h7-8,11-12H,4-6,9-10H2,1-3H3,(H,23,28). The van der Waals surface area contributed by atoms with Crippen molar-refractivity contribution in [3.8, 4) is 0 Å². The fourth-order valence-corrected chi connectivity index (χ4v) is 3.95. The highest BCUT2D eigenvalue weighted by Gasteiger charge is 2.18. The number of aryl methyl sites for hydroxylation is 4. The average Bonchev–Trinajstić information content (AvgIpc) is 3.13. The number of nitrogens with zero attached hydrogens (tertiary/aromatic N) is 3. The molecule has 1 amide bonds. The van der Waals surface area contributed by atoms with Crippen molar-refractivity contribution >= 4 is 16.8 Å². The highest BCUT2D eigenvalue weighted by atomic mass is 16.2. The minimum Gasteiger partial charge on any atom is -0.351 e. The number of pyridine rings is 1. The van der Waals surface area contributed by atoms with Crippen molar-refractivity contribution in [3.05, 3.63) is 68.5 Å². The van der Waals surface area contributed by atoms with Gasteiger partial charge in [-0.2, -0.15) is 0 Å². The Morgan fingerprint density at radius 2 is 2.04 bits per heavy atom. The van der Waals surface area contributed by atoms with Crippen LogP contribution < -0.4 is 10.7 Å². The van der Waals surface area contributed by atoms with Crippen molar-refractivity contribution < 1.29 is 4.79 Å². The largest absolute Gasteiger partial charge is 0.351 e. The van der Waals surface area contributed by atoms with E-state index in [1.165, 1.54) is 5.56 Å². The number of nitrogens with one attached hydrogen (secondary N) is 1. The van der Waals surface area contributed by atoms with E-state index in [1.807, 2.05) is 43.7 Å². The minimum absolute atomic E-state index is 0.159. The molecule has 0 fully saturated rings. The second kappa shape index (κ2) is 7.19. The summed E-state index contributed by atoms with van der Waals surface area (Å²) in [5.41, 5.74) is 5.20. The summed E-state index contributed by atoms with van der Waals surface area (Å²) in [5.74, 6) is 0.391. The zero-order valence-electron chi connectivity index (χ0n) is 16.5. The van der Waals surface area contributed by atoms with Gasteiger partial charge >= 0.3 is 0 Å². The van der Waals surface area contributed by atoms with Crippen LogP contribution in [0.25, 0.3) is 10.9 Å². The van der Waals surface area contributed by atoms with E-state index in [0.29, 0.717) is 18.4 Å². The van der Waals surface area contributed by atoms with Crippen LogP contribution in [0.15, 0.2) is 29.2 Å². The maximum Gasteiger partial charge on any atom is 0.256 e. The zero-order chi connectivity index (χ0) is 19.8. The first-order chi connectivity index (χ1) is 13.4. The van der Waals surface area contributed by atoms with E-state index in [4.69, 9.17) is 0 Å². The molecule has 6 heteroatoms. The molecular weight excluding hydrogens is 352 g/mol. The Morgan fingerprint density at radius 3 is 2.86 bits per heavy atom. The number of carbonyl (C=O) groups is 1. The summed E-state index contributed by atoms with van der Waals surface area (Å²) in [6, 6.07) is 5.69. The summed E-state index contributed by atoms with van der Waals surface area (Å²) in [5, 5.41) is 3.41. The number of hydrogen-bond acceptors (Lipinski definition) is 4. The lowest BCUT2D eigenvalue weighted by Crippen LogP contribution is -2.31. The molecule has 0 spiro atoms. The number of hydrogen-bond donors (Lipinski definition) is 1. The van der Waals surface area contributed by atoms with Gasteiger partial charge in [0.05, 0.1) is 5.52 Å². The molecule has 1 aromatic carbocycles. The van der Waals surface area contributed by atoms with E-state index in [2.05, 4.69) is 15.3 Å². The Labute approximate surface area is 163 Å². The van der Waals surface area contributed by atoms with Crippen molar-refractivity contribution in [2.24, 2.45) is 7.05 Å². The molecular formula is C22H24N4O2. The molecule has 0 saturated heterocycles. The molecule has 144 valence electrons. The average molecular weight is 376 g/mol. The number of aromatic nitrogens is 3. The van der Waals surface area contributed by atoms with Crippen molar-refractivity contribution in [2.45, 2.75) is 39.5 Å². The van der Waals surface area contributed by atoms with Crippen LogP contribution in [-0.2, 0) is 26.3 Å². The van der Waals surface area contributed by atoms with Crippen molar-refractivity contribution in [3.63, 3.8) is 0 Å². The van der Waals surface area contributed by atoms with Gasteiger partial charge < -0.3 is 9.88 Å². The molecule has 4 rings (SSSR count). The van der Waals surface area contributed by atoms with Gasteiger partial charge in [0.25, 0.3) is 5.91 Å². The van der Waals surface area contributed by atoms with Gasteiger partial charge in [0.15, 0.2) is 0 Å². The van der Waals surface area contributed by atoms with E-state index < -0.39 is 0 Å². The molecule has 0 unspecified atom stereocenters. The van der Waals surface area contributed by atoms with Crippen LogP contribution in [0, 0.1) is 13.8 Å². The molecule has 0 saturated carbocycles. The maximum absolute atomic E-state index is 12.8. The normalized spacial score (nSPS) is 13.0. The fourth-order valence-electron chi connectivity index (χ4n) is 3.95. The van der Waals surface area contributed by atoms with Crippen LogP contribution in [-0.4, -0.2) is 27.0 Å². The molecule has 0 radical (unpaired) electrons. The Hall–Kier alpha value is -3.02. The Kier molecular flexibility index (Phi) is 4.71. The summed E-state index contributed by atoms with van der Waals surface area (Å²) in [4.78, 5) is 34.6. The first kappa shape index (κ1) is 18.3. The monoisotopic (exact) mass is 376 g/mol. The topological polar surface area (TPSA) is 76.9 Å². The predicted molar refractivity (Wildman–Crippen MR) is 109 cm³/mol. The van der Waals surface area contributed by atoms with Gasteiger partial charge in [-0.25, -0.2) is 9.97 Å². The predicted octanol–water partition coefficient (Wildman–Crippen LogP) is 2.41. The lowest BCUT2D eigenvalue weighted by molar-refractivity contribution is 0.0952. The van der Waals surface area contributed by atoms with Gasteiger partial charge in [-0.15, -0.1) is 0 Å². The first-order valence-corrected chi connectivity index (χ1v) is 9.67. The number of amides is 1. The van der Waals surface area contributed by atoms with E-state index in [-0.39, 0.29) is 16.9 Å². The number of fused-ring (bicyclic) bond motifs is 2. The van der Waals surface area contributed by atoms with Crippen molar-refractivity contribution in [1.82, 2.24) is 19.9 Å². The third-order valence-corrected chi connectivity index (χ3v) is 5.41. The lowest BCUT2D eigenvalue weighted by Gasteiger charge is -2.11. The van der Waals surface area contributed by atoms with Crippen LogP contribution in [0.4, 0.5) is 0 Å². The molecule has 2 heterocycles. The molecule has 1 aliphatic carbocycles. The highest BCUT2D eigenvalue weighted by Crippen LogP contribution is 2.22. The number of rotatable bonds is 4. The summed E-state index contributed by atoms with van der Waals surface area (Å²) < 4.78 is 1.82. The number of carbonyl (C=O) groups excluding carboxylic acids is 1. The summed E-state index contributed by atoms with van der Waals surface area (Å²) >= 11 is 0. The highest BCUT2D eigenvalue weighted by molar-refractivity contribution is 5.97. The lowest BCUT2D eigenvalue weighted by atomic mass is 10.1. The van der Waals surface area contributed by atoms with Gasteiger partial charge in [0.1, 0.15) is 11.4 Å². The molecule has 0 bridgehead atoms. The van der Waals surface area contributed by atoms with Crippen LogP contribution >= 0.6 is 0 Å². The van der Waals surface area contributed by atoms with Gasteiger partial charge in [-0.1, -0.05) is 11.6 Å². The molecule has 2 aromatic heterocycles. The third-order valence-electron chi connectivity index (χ3n) is 5.41. The molecule has 1 aliphatic rings. The first-order valence-electron chi connectivity index (χ1n) is 9.67. The quantitative estimate of drug-likeness (QED) is 0.759. The Morgan fingerprint density at radius 1 is 1.21 bits per heavy atom. The van der Waals surface area contributed by atoms with E-state index >= 15 is 0 Å². The smallest absolute Gasteiger partial charge is 0.256 e. The second-order valence-electron chi connectivity index (χ2n) is 7.51. The van der Waals surface area contributed by atoms with Gasteiger partial charge in [-0.05, 0) is 50.8 Å².